The highest BCUT2D eigenvalue weighted by Crippen LogP contribution is 2.24. The highest BCUT2D eigenvalue weighted by Gasteiger charge is 2.12. The minimum atomic E-state index is -0.344. The number of carbonyl (C=O) groups excluding carboxylic acids is 1. The van der Waals surface area contributed by atoms with Gasteiger partial charge in [-0.25, -0.2) is 0 Å². The average molecular weight is 401 g/mol. The van der Waals surface area contributed by atoms with Gasteiger partial charge in [0.1, 0.15) is 11.5 Å². The Morgan fingerprint density at radius 1 is 1.00 bits per heavy atom. The molecular formula is C21H24N2O4S. The largest absolute Gasteiger partial charge is 0.497 e. The number of benzene rings is 2. The molecular weight excluding hydrogens is 376 g/mol. The highest BCUT2D eigenvalue weighted by atomic mass is 32.1. The van der Waals surface area contributed by atoms with E-state index in [1.807, 2.05) is 4.57 Å². The maximum absolute atomic E-state index is 12.9. The zero-order valence-corrected chi connectivity index (χ0v) is 17.6. The first kappa shape index (κ1) is 20.1. The summed E-state index contributed by atoms with van der Waals surface area (Å²) in [4.78, 5) is 17.9. The van der Waals surface area contributed by atoms with Gasteiger partial charge >= 0.3 is 0 Å². The summed E-state index contributed by atoms with van der Waals surface area (Å²) in [5.41, 5.74) is 3.88. The number of thiazole rings is 1. The van der Waals surface area contributed by atoms with Crippen LogP contribution in [0.4, 0.5) is 0 Å². The molecule has 0 aliphatic heterocycles. The molecule has 7 heteroatoms. The van der Waals surface area contributed by atoms with Crippen LogP contribution in [0.1, 0.15) is 21.5 Å². The van der Waals surface area contributed by atoms with Crippen molar-refractivity contribution in [2.45, 2.75) is 20.4 Å². The number of hydrogen-bond acceptors (Lipinski definition) is 5. The summed E-state index contributed by atoms with van der Waals surface area (Å²) in [6.07, 6.45) is 0. The number of hydrogen-bond donors (Lipinski definition) is 0. The van der Waals surface area contributed by atoms with E-state index in [-0.39, 0.29) is 5.91 Å². The summed E-state index contributed by atoms with van der Waals surface area (Å²) in [6, 6.07) is 9.32. The number of rotatable bonds is 6. The topological polar surface area (TPSA) is 62.1 Å². The van der Waals surface area contributed by atoms with Crippen LogP contribution in [-0.2, 0) is 11.3 Å². The lowest BCUT2D eigenvalue weighted by Gasteiger charge is -2.07. The Hall–Kier alpha value is -2.64. The monoisotopic (exact) mass is 400 g/mol. The Labute approximate surface area is 168 Å². The lowest BCUT2D eigenvalue weighted by atomic mass is 10.1. The zero-order chi connectivity index (χ0) is 20.3. The predicted molar refractivity (Wildman–Crippen MR) is 111 cm³/mol. The summed E-state index contributed by atoms with van der Waals surface area (Å²) in [7, 11) is 4.76. The van der Waals surface area contributed by atoms with Gasteiger partial charge in [-0.3, -0.25) is 4.79 Å². The van der Waals surface area contributed by atoms with E-state index < -0.39 is 0 Å². The first-order valence-electron chi connectivity index (χ1n) is 8.88. The van der Waals surface area contributed by atoms with E-state index in [2.05, 4.69) is 31.0 Å². The minimum Gasteiger partial charge on any atom is -0.497 e. The van der Waals surface area contributed by atoms with Crippen molar-refractivity contribution in [2.75, 3.05) is 27.9 Å². The summed E-state index contributed by atoms with van der Waals surface area (Å²) in [6.45, 7) is 5.32. The van der Waals surface area contributed by atoms with E-state index in [9.17, 15) is 4.79 Å². The van der Waals surface area contributed by atoms with Gasteiger partial charge in [0.25, 0.3) is 5.91 Å². The lowest BCUT2D eigenvalue weighted by Crippen LogP contribution is -2.19. The van der Waals surface area contributed by atoms with Crippen molar-refractivity contribution in [1.29, 1.82) is 0 Å². The van der Waals surface area contributed by atoms with Crippen LogP contribution in [0.25, 0.3) is 10.2 Å². The third-order valence-corrected chi connectivity index (χ3v) is 5.65. The molecule has 0 radical (unpaired) electrons. The van der Waals surface area contributed by atoms with Gasteiger partial charge in [0.05, 0.1) is 31.0 Å². The minimum absolute atomic E-state index is 0.344. The molecule has 0 N–H and O–H groups in total. The number of aromatic nitrogens is 1. The van der Waals surface area contributed by atoms with Gasteiger partial charge in [-0.1, -0.05) is 11.3 Å². The van der Waals surface area contributed by atoms with Gasteiger partial charge in [0, 0.05) is 25.3 Å². The molecule has 0 saturated heterocycles. The Balaban J connectivity index is 2.13. The molecule has 3 rings (SSSR count). The van der Waals surface area contributed by atoms with E-state index in [0.717, 1.165) is 10.2 Å². The van der Waals surface area contributed by atoms with E-state index in [0.29, 0.717) is 35.0 Å². The smallest absolute Gasteiger partial charge is 0.279 e. The summed E-state index contributed by atoms with van der Waals surface area (Å²) < 4.78 is 18.9. The molecule has 0 bridgehead atoms. The first-order valence-corrected chi connectivity index (χ1v) is 9.70. The number of carbonyl (C=O) groups is 1. The molecule has 1 amide bonds. The van der Waals surface area contributed by atoms with Crippen molar-refractivity contribution in [3.05, 3.63) is 51.8 Å². The molecule has 0 aliphatic rings. The maximum atomic E-state index is 12.9. The molecule has 0 spiro atoms. The molecule has 0 fully saturated rings. The SMILES string of the molecule is COCCn1c(=NC(=O)c2cc(OC)cc(OC)c2)sc2cc(C)c(C)cc21. The molecule has 1 heterocycles. The lowest BCUT2D eigenvalue weighted by molar-refractivity contribution is 0.0996. The second kappa shape index (κ2) is 8.58. The Morgan fingerprint density at radius 2 is 1.64 bits per heavy atom. The van der Waals surface area contributed by atoms with Crippen LogP contribution in [0.2, 0.25) is 0 Å². The number of methoxy groups -OCH3 is 3. The van der Waals surface area contributed by atoms with Crippen molar-refractivity contribution < 1.29 is 19.0 Å². The normalized spacial score (nSPS) is 11.8. The first-order chi connectivity index (χ1) is 13.5. The van der Waals surface area contributed by atoms with Gasteiger partial charge in [0.2, 0.25) is 0 Å². The fourth-order valence-electron chi connectivity index (χ4n) is 2.89. The molecule has 0 aliphatic carbocycles. The predicted octanol–water partition coefficient (Wildman–Crippen LogP) is 3.72. The van der Waals surface area contributed by atoms with E-state index in [4.69, 9.17) is 14.2 Å². The molecule has 148 valence electrons. The number of fused-ring (bicyclic) bond motifs is 1. The van der Waals surface area contributed by atoms with Gasteiger partial charge in [-0.2, -0.15) is 4.99 Å². The van der Waals surface area contributed by atoms with Crippen LogP contribution in [0.5, 0.6) is 11.5 Å². The number of ether oxygens (including phenoxy) is 3. The second-order valence-corrected chi connectivity index (χ2v) is 7.46. The molecule has 0 atom stereocenters. The van der Waals surface area contributed by atoms with E-state index in [1.165, 1.54) is 22.5 Å². The van der Waals surface area contributed by atoms with Crippen LogP contribution >= 0.6 is 11.3 Å². The molecule has 2 aromatic carbocycles. The molecule has 0 saturated carbocycles. The van der Waals surface area contributed by atoms with Gasteiger partial charge in [-0.15, -0.1) is 0 Å². The van der Waals surface area contributed by atoms with Crippen LogP contribution in [-0.4, -0.2) is 38.4 Å². The highest BCUT2D eigenvalue weighted by molar-refractivity contribution is 7.16. The van der Waals surface area contributed by atoms with Crippen LogP contribution in [0, 0.1) is 13.8 Å². The second-order valence-electron chi connectivity index (χ2n) is 6.45. The Bertz CT molecular complexity index is 1060. The van der Waals surface area contributed by atoms with Gasteiger partial charge in [-0.05, 0) is 49.2 Å². The third-order valence-electron chi connectivity index (χ3n) is 4.61. The van der Waals surface area contributed by atoms with Crippen molar-refractivity contribution in [1.82, 2.24) is 4.57 Å². The molecule has 0 unspecified atom stereocenters. The summed E-state index contributed by atoms with van der Waals surface area (Å²) in [5, 5.41) is 0. The van der Waals surface area contributed by atoms with Crippen molar-refractivity contribution in [3.63, 3.8) is 0 Å². The molecule has 28 heavy (non-hydrogen) atoms. The van der Waals surface area contributed by atoms with Crippen LogP contribution in [0.15, 0.2) is 35.3 Å². The standard InChI is InChI=1S/C21H24N2O4S/c1-13-8-18-19(9-14(13)2)28-21(23(18)6-7-25-3)22-20(24)15-10-16(26-4)12-17(11-15)27-5/h8-12H,6-7H2,1-5H3. The van der Waals surface area contributed by atoms with Gasteiger partial charge in [0.15, 0.2) is 4.80 Å². The van der Waals surface area contributed by atoms with Crippen LogP contribution in [0.3, 0.4) is 0 Å². The van der Waals surface area contributed by atoms with Crippen LogP contribution < -0.4 is 14.3 Å². The fraction of sp³-hybridized carbons (Fsp3) is 0.333. The average Bonchev–Trinajstić information content (AvgIpc) is 3.01. The quantitative estimate of drug-likeness (QED) is 0.633. The molecule has 6 nitrogen and oxygen atoms in total. The third kappa shape index (κ3) is 4.10. The van der Waals surface area contributed by atoms with Crippen molar-refractivity contribution in [2.24, 2.45) is 4.99 Å². The zero-order valence-electron chi connectivity index (χ0n) is 16.7. The van der Waals surface area contributed by atoms with E-state index in [1.54, 1.807) is 39.5 Å². The van der Waals surface area contributed by atoms with Crippen molar-refractivity contribution >= 4 is 27.5 Å². The Kier molecular flexibility index (Phi) is 6.16. The van der Waals surface area contributed by atoms with Gasteiger partial charge < -0.3 is 18.8 Å². The fourth-order valence-corrected chi connectivity index (χ4v) is 4.02. The Morgan fingerprint density at radius 3 is 2.25 bits per heavy atom. The van der Waals surface area contributed by atoms with Crippen molar-refractivity contribution in [3.8, 4) is 11.5 Å². The number of nitrogens with zero attached hydrogens (tertiary/aromatic N) is 2. The maximum Gasteiger partial charge on any atom is 0.279 e. The van der Waals surface area contributed by atoms with E-state index >= 15 is 0 Å². The number of amides is 1. The molecule has 1 aromatic heterocycles. The summed E-state index contributed by atoms with van der Waals surface area (Å²) >= 11 is 1.50. The molecule has 3 aromatic rings. The summed E-state index contributed by atoms with van der Waals surface area (Å²) in [5.74, 6) is 0.754. The number of aryl methyl sites for hydroxylation is 2.